The molecule has 1 N–H and O–H groups in total. The van der Waals surface area contributed by atoms with Gasteiger partial charge in [-0.25, -0.2) is 14.6 Å². The molecule has 0 bridgehead atoms. The minimum absolute atomic E-state index is 0.0824. The predicted molar refractivity (Wildman–Crippen MR) is 105 cm³/mol. The lowest BCUT2D eigenvalue weighted by Crippen LogP contribution is -2.45. The SMILES string of the molecule is CCOC(=O)c1ccc(NC2CCCN(C(=O)OCc3ccccc3)C2)nc1. The lowest BCUT2D eigenvalue weighted by atomic mass is 10.1. The van der Waals surface area contributed by atoms with Gasteiger partial charge in [0.25, 0.3) is 0 Å². The number of carbonyl (C=O) groups is 2. The molecule has 3 rings (SSSR count). The summed E-state index contributed by atoms with van der Waals surface area (Å²) >= 11 is 0. The highest BCUT2D eigenvalue weighted by Gasteiger charge is 2.25. The zero-order chi connectivity index (χ0) is 19.8. The number of aromatic nitrogens is 1. The van der Waals surface area contributed by atoms with Crippen molar-refractivity contribution in [1.29, 1.82) is 0 Å². The Bertz CT molecular complexity index is 780. The fourth-order valence-corrected chi connectivity index (χ4v) is 3.09. The molecule has 1 aliphatic rings. The lowest BCUT2D eigenvalue weighted by Gasteiger charge is -2.32. The Balaban J connectivity index is 1.50. The Morgan fingerprint density at radius 1 is 1.18 bits per heavy atom. The van der Waals surface area contributed by atoms with E-state index in [4.69, 9.17) is 9.47 Å². The first-order valence-electron chi connectivity index (χ1n) is 9.51. The van der Waals surface area contributed by atoms with Crippen LogP contribution in [0.3, 0.4) is 0 Å². The summed E-state index contributed by atoms with van der Waals surface area (Å²) in [4.78, 5) is 30.0. The third kappa shape index (κ3) is 5.45. The molecule has 7 nitrogen and oxygen atoms in total. The number of likely N-dealkylation sites (tertiary alicyclic amines) is 1. The average molecular weight is 383 g/mol. The number of nitrogens with one attached hydrogen (secondary N) is 1. The maximum atomic E-state index is 12.4. The Kier molecular flexibility index (Phi) is 6.84. The number of piperidine rings is 1. The van der Waals surface area contributed by atoms with E-state index in [0.717, 1.165) is 18.4 Å². The minimum Gasteiger partial charge on any atom is -0.462 e. The monoisotopic (exact) mass is 383 g/mol. The van der Waals surface area contributed by atoms with Gasteiger partial charge in [-0.1, -0.05) is 30.3 Å². The van der Waals surface area contributed by atoms with Crippen molar-refractivity contribution in [1.82, 2.24) is 9.88 Å². The molecule has 0 saturated carbocycles. The molecule has 28 heavy (non-hydrogen) atoms. The molecule has 0 aliphatic carbocycles. The average Bonchev–Trinajstić information content (AvgIpc) is 2.73. The van der Waals surface area contributed by atoms with Crippen molar-refractivity contribution in [2.45, 2.75) is 32.4 Å². The summed E-state index contributed by atoms with van der Waals surface area (Å²) in [5, 5.41) is 3.32. The third-order valence-electron chi connectivity index (χ3n) is 4.51. The largest absolute Gasteiger partial charge is 0.462 e. The van der Waals surface area contributed by atoms with Crippen molar-refractivity contribution in [2.24, 2.45) is 0 Å². The predicted octanol–water partition coefficient (Wildman–Crippen LogP) is 3.47. The van der Waals surface area contributed by atoms with Crippen molar-refractivity contribution in [2.75, 3.05) is 25.0 Å². The van der Waals surface area contributed by atoms with Gasteiger partial charge in [-0.2, -0.15) is 0 Å². The van der Waals surface area contributed by atoms with Gasteiger partial charge in [-0.05, 0) is 37.5 Å². The Hall–Kier alpha value is -3.09. The number of carbonyl (C=O) groups excluding carboxylic acids is 2. The topological polar surface area (TPSA) is 80.8 Å². The van der Waals surface area contributed by atoms with Gasteiger partial charge in [0.15, 0.2) is 0 Å². The number of anilines is 1. The summed E-state index contributed by atoms with van der Waals surface area (Å²) in [6.07, 6.45) is 3.01. The van der Waals surface area contributed by atoms with E-state index < -0.39 is 0 Å². The second-order valence-electron chi connectivity index (χ2n) is 6.62. The fraction of sp³-hybridized carbons (Fsp3) is 0.381. The summed E-state index contributed by atoms with van der Waals surface area (Å²) in [6, 6.07) is 13.1. The molecule has 0 spiro atoms. The summed E-state index contributed by atoms with van der Waals surface area (Å²) in [5.74, 6) is 0.282. The smallest absolute Gasteiger partial charge is 0.410 e. The quantitative estimate of drug-likeness (QED) is 0.770. The van der Waals surface area contributed by atoms with E-state index in [-0.39, 0.29) is 24.7 Å². The number of nitrogens with zero attached hydrogens (tertiary/aromatic N) is 2. The highest BCUT2D eigenvalue weighted by atomic mass is 16.6. The number of esters is 1. The van der Waals surface area contributed by atoms with Crippen LogP contribution < -0.4 is 5.32 Å². The van der Waals surface area contributed by atoms with Crippen LogP contribution in [-0.2, 0) is 16.1 Å². The third-order valence-corrected chi connectivity index (χ3v) is 4.51. The number of pyridine rings is 1. The van der Waals surface area contributed by atoms with Crippen LogP contribution in [0.4, 0.5) is 10.6 Å². The van der Waals surface area contributed by atoms with E-state index in [9.17, 15) is 9.59 Å². The van der Waals surface area contributed by atoms with Crippen molar-refractivity contribution in [3.8, 4) is 0 Å². The molecule has 1 aromatic heterocycles. The van der Waals surface area contributed by atoms with Gasteiger partial charge in [0.2, 0.25) is 0 Å². The molecule has 1 fully saturated rings. The number of ether oxygens (including phenoxy) is 2. The molecule has 2 heterocycles. The van der Waals surface area contributed by atoms with E-state index in [1.807, 2.05) is 30.3 Å². The second kappa shape index (κ2) is 9.73. The van der Waals surface area contributed by atoms with Crippen LogP contribution >= 0.6 is 0 Å². The maximum absolute atomic E-state index is 12.4. The summed E-state index contributed by atoms with van der Waals surface area (Å²) in [5.41, 5.74) is 1.38. The van der Waals surface area contributed by atoms with Gasteiger partial charge in [0, 0.05) is 25.3 Å². The molecule has 1 amide bonds. The van der Waals surface area contributed by atoms with Crippen LogP contribution in [0.2, 0.25) is 0 Å². The summed E-state index contributed by atoms with van der Waals surface area (Å²) in [7, 11) is 0. The first kappa shape index (κ1) is 19.7. The zero-order valence-electron chi connectivity index (χ0n) is 16.0. The van der Waals surface area contributed by atoms with Gasteiger partial charge >= 0.3 is 12.1 Å². The number of amides is 1. The van der Waals surface area contributed by atoms with Crippen molar-refractivity contribution in [3.05, 3.63) is 59.8 Å². The number of rotatable bonds is 6. The Morgan fingerprint density at radius 2 is 2.00 bits per heavy atom. The first-order chi connectivity index (χ1) is 13.7. The van der Waals surface area contributed by atoms with E-state index in [1.165, 1.54) is 6.20 Å². The molecule has 1 atom stereocenters. The molecular weight excluding hydrogens is 358 g/mol. The van der Waals surface area contributed by atoms with Crippen LogP contribution in [0.5, 0.6) is 0 Å². The highest BCUT2D eigenvalue weighted by Crippen LogP contribution is 2.16. The van der Waals surface area contributed by atoms with E-state index in [1.54, 1.807) is 24.0 Å². The van der Waals surface area contributed by atoms with E-state index >= 15 is 0 Å². The molecule has 1 aromatic carbocycles. The summed E-state index contributed by atoms with van der Waals surface area (Å²) < 4.78 is 10.4. The van der Waals surface area contributed by atoms with Crippen molar-refractivity contribution < 1.29 is 19.1 Å². The van der Waals surface area contributed by atoms with Gasteiger partial charge in [0.05, 0.1) is 12.2 Å². The van der Waals surface area contributed by atoms with E-state index in [2.05, 4.69) is 10.3 Å². The van der Waals surface area contributed by atoms with Crippen LogP contribution in [0, 0.1) is 0 Å². The summed E-state index contributed by atoms with van der Waals surface area (Å²) in [6.45, 7) is 3.60. The molecule has 1 saturated heterocycles. The molecule has 1 unspecified atom stereocenters. The van der Waals surface area contributed by atoms with Crippen LogP contribution in [-0.4, -0.2) is 47.7 Å². The van der Waals surface area contributed by atoms with E-state index in [0.29, 0.717) is 31.1 Å². The Labute approximate surface area is 164 Å². The molecular formula is C21H25N3O4. The first-order valence-corrected chi connectivity index (χ1v) is 9.51. The minimum atomic E-state index is -0.383. The van der Waals surface area contributed by atoms with Crippen LogP contribution in [0.15, 0.2) is 48.7 Å². The molecule has 0 radical (unpaired) electrons. The molecule has 148 valence electrons. The number of hydrogen-bond acceptors (Lipinski definition) is 6. The zero-order valence-corrected chi connectivity index (χ0v) is 16.0. The van der Waals surface area contributed by atoms with Crippen molar-refractivity contribution >= 4 is 17.9 Å². The van der Waals surface area contributed by atoms with Crippen LogP contribution in [0.25, 0.3) is 0 Å². The van der Waals surface area contributed by atoms with Gasteiger partial charge in [0.1, 0.15) is 12.4 Å². The number of hydrogen-bond donors (Lipinski definition) is 1. The molecule has 1 aliphatic heterocycles. The fourth-order valence-electron chi connectivity index (χ4n) is 3.09. The van der Waals surface area contributed by atoms with Gasteiger partial charge < -0.3 is 19.7 Å². The van der Waals surface area contributed by atoms with Gasteiger partial charge in [-0.15, -0.1) is 0 Å². The lowest BCUT2D eigenvalue weighted by molar-refractivity contribution is 0.0525. The maximum Gasteiger partial charge on any atom is 0.410 e. The number of benzene rings is 1. The molecule has 7 heteroatoms. The molecule has 2 aromatic rings. The van der Waals surface area contributed by atoms with Crippen molar-refractivity contribution in [3.63, 3.8) is 0 Å². The standard InChI is InChI=1S/C21H25N3O4/c1-2-27-20(25)17-10-11-19(22-13-17)23-18-9-6-12-24(14-18)21(26)28-15-16-7-4-3-5-8-16/h3-5,7-8,10-11,13,18H,2,6,9,12,14-15H2,1H3,(H,22,23). The highest BCUT2D eigenvalue weighted by molar-refractivity contribution is 5.89. The Morgan fingerprint density at radius 3 is 2.71 bits per heavy atom. The van der Waals surface area contributed by atoms with Crippen LogP contribution in [0.1, 0.15) is 35.7 Å². The van der Waals surface area contributed by atoms with Gasteiger partial charge in [-0.3, -0.25) is 0 Å². The normalized spacial score (nSPS) is 16.3. The second-order valence-corrected chi connectivity index (χ2v) is 6.62.